The van der Waals surface area contributed by atoms with E-state index >= 15 is 0 Å². The Labute approximate surface area is 62.6 Å². The van der Waals surface area contributed by atoms with E-state index in [4.69, 9.17) is 5.11 Å². The highest BCUT2D eigenvalue weighted by atomic mass is 16.3. The van der Waals surface area contributed by atoms with Gasteiger partial charge >= 0.3 is 0 Å². The van der Waals surface area contributed by atoms with E-state index in [1.165, 1.54) is 0 Å². The predicted octanol–water partition coefficient (Wildman–Crippen LogP) is 0.370. The second-order valence-electron chi connectivity index (χ2n) is 2.23. The zero-order valence-corrected chi connectivity index (χ0v) is 6.65. The van der Waals surface area contributed by atoms with Crippen LogP contribution in [0, 0.1) is 11.8 Å². The van der Waals surface area contributed by atoms with Crippen molar-refractivity contribution in [2.24, 2.45) is 0 Å². The summed E-state index contributed by atoms with van der Waals surface area (Å²) in [6, 6.07) is 0. The predicted molar refractivity (Wildman–Crippen MR) is 42.6 cm³/mol. The molecule has 0 saturated carbocycles. The lowest BCUT2D eigenvalue weighted by Gasteiger charge is -2.03. The zero-order valence-electron chi connectivity index (χ0n) is 6.65. The van der Waals surface area contributed by atoms with Crippen LogP contribution in [0.2, 0.25) is 0 Å². The third-order valence-corrected chi connectivity index (χ3v) is 1.04. The molecule has 0 heterocycles. The minimum atomic E-state index is -0.255. The van der Waals surface area contributed by atoms with Gasteiger partial charge in [-0.3, -0.25) is 0 Å². The molecule has 0 spiro atoms. The lowest BCUT2D eigenvalue weighted by molar-refractivity contribution is 0.192. The quantitative estimate of drug-likeness (QED) is 0.438. The van der Waals surface area contributed by atoms with Gasteiger partial charge in [-0.1, -0.05) is 0 Å². The summed E-state index contributed by atoms with van der Waals surface area (Å²) in [7, 11) is 0. The van der Waals surface area contributed by atoms with Crippen LogP contribution in [0.25, 0.3) is 0 Å². The van der Waals surface area contributed by atoms with Crippen LogP contribution < -0.4 is 5.32 Å². The Morgan fingerprint density at radius 3 is 2.80 bits per heavy atom. The molecule has 0 aromatic rings. The first kappa shape index (κ1) is 9.48. The topological polar surface area (TPSA) is 32.3 Å². The summed E-state index contributed by atoms with van der Waals surface area (Å²) in [6.45, 7) is 5.12. The van der Waals surface area contributed by atoms with Gasteiger partial charge in [-0.15, -0.1) is 11.8 Å². The molecular formula is C8H15NO. The Kier molecular flexibility index (Phi) is 6.25. The van der Waals surface area contributed by atoms with Gasteiger partial charge in [0.1, 0.15) is 0 Å². The maximum atomic E-state index is 8.81. The Balaban J connectivity index is 2.96. The van der Waals surface area contributed by atoms with Gasteiger partial charge < -0.3 is 10.4 Å². The Bertz CT molecular complexity index is 121. The fourth-order valence-electron chi connectivity index (χ4n) is 0.587. The smallest absolute Gasteiger partial charge is 0.0636 e. The third-order valence-electron chi connectivity index (χ3n) is 1.04. The third kappa shape index (κ3) is 7.48. The molecular weight excluding hydrogens is 126 g/mol. The zero-order chi connectivity index (χ0) is 7.82. The number of hydrogen-bond donors (Lipinski definition) is 2. The van der Waals surface area contributed by atoms with E-state index in [0.29, 0.717) is 6.54 Å². The normalized spacial score (nSPS) is 11.9. The Morgan fingerprint density at radius 1 is 1.60 bits per heavy atom. The van der Waals surface area contributed by atoms with Crippen LogP contribution in [0.5, 0.6) is 0 Å². The molecule has 1 unspecified atom stereocenters. The Hall–Kier alpha value is -0.520. The SMILES string of the molecule is CC#CCCNCC(C)O. The number of nitrogens with one attached hydrogen (secondary N) is 1. The first-order chi connectivity index (χ1) is 4.77. The average Bonchev–Trinajstić information content (AvgIpc) is 1.87. The molecule has 0 radical (unpaired) electrons. The summed E-state index contributed by atoms with van der Waals surface area (Å²) in [4.78, 5) is 0. The second-order valence-corrected chi connectivity index (χ2v) is 2.23. The first-order valence-corrected chi connectivity index (χ1v) is 3.55. The van der Waals surface area contributed by atoms with Crippen molar-refractivity contribution in [3.8, 4) is 11.8 Å². The van der Waals surface area contributed by atoms with Gasteiger partial charge in [-0.05, 0) is 13.8 Å². The lowest BCUT2D eigenvalue weighted by atomic mass is 10.4. The van der Waals surface area contributed by atoms with E-state index in [-0.39, 0.29) is 6.10 Å². The largest absolute Gasteiger partial charge is 0.392 e. The van der Waals surface area contributed by atoms with Crippen LogP contribution in [0.15, 0.2) is 0 Å². The molecule has 2 N–H and O–H groups in total. The van der Waals surface area contributed by atoms with Crippen LogP contribution in [-0.2, 0) is 0 Å². The summed E-state index contributed by atoms with van der Waals surface area (Å²) < 4.78 is 0. The molecule has 0 rings (SSSR count). The summed E-state index contributed by atoms with van der Waals surface area (Å²) >= 11 is 0. The van der Waals surface area contributed by atoms with Gasteiger partial charge in [0.2, 0.25) is 0 Å². The number of aliphatic hydroxyl groups excluding tert-OH is 1. The molecule has 0 aliphatic rings. The molecule has 2 heteroatoms. The molecule has 0 aromatic carbocycles. The summed E-state index contributed by atoms with van der Waals surface area (Å²) in [5.41, 5.74) is 0. The summed E-state index contributed by atoms with van der Waals surface area (Å²) in [5, 5.41) is 11.9. The highest BCUT2D eigenvalue weighted by Gasteiger charge is 1.91. The van der Waals surface area contributed by atoms with Crippen molar-refractivity contribution >= 4 is 0 Å². The van der Waals surface area contributed by atoms with Crippen molar-refractivity contribution in [3.63, 3.8) is 0 Å². The van der Waals surface area contributed by atoms with Gasteiger partial charge in [-0.2, -0.15) is 0 Å². The van der Waals surface area contributed by atoms with Crippen LogP contribution in [-0.4, -0.2) is 24.3 Å². The van der Waals surface area contributed by atoms with Crippen molar-refractivity contribution in [1.82, 2.24) is 5.32 Å². The molecule has 0 aromatic heterocycles. The fraction of sp³-hybridized carbons (Fsp3) is 0.750. The standard InChI is InChI=1S/C8H15NO/c1-3-4-5-6-9-7-8(2)10/h8-10H,5-7H2,1-2H3. The molecule has 0 fully saturated rings. The summed E-state index contributed by atoms with van der Waals surface area (Å²) in [6.07, 6.45) is 0.609. The molecule has 10 heavy (non-hydrogen) atoms. The van der Waals surface area contributed by atoms with Crippen LogP contribution in [0.1, 0.15) is 20.3 Å². The van der Waals surface area contributed by atoms with Crippen molar-refractivity contribution in [2.45, 2.75) is 26.4 Å². The molecule has 0 aliphatic carbocycles. The highest BCUT2D eigenvalue weighted by Crippen LogP contribution is 1.76. The maximum absolute atomic E-state index is 8.81. The molecule has 0 amide bonds. The van der Waals surface area contributed by atoms with E-state index < -0.39 is 0 Å². The van der Waals surface area contributed by atoms with Gasteiger partial charge in [0.25, 0.3) is 0 Å². The van der Waals surface area contributed by atoms with Crippen LogP contribution in [0.3, 0.4) is 0 Å². The van der Waals surface area contributed by atoms with Crippen molar-refractivity contribution in [2.75, 3.05) is 13.1 Å². The number of hydrogen-bond acceptors (Lipinski definition) is 2. The average molecular weight is 141 g/mol. The van der Waals surface area contributed by atoms with Crippen molar-refractivity contribution in [1.29, 1.82) is 0 Å². The van der Waals surface area contributed by atoms with Crippen LogP contribution in [0.4, 0.5) is 0 Å². The van der Waals surface area contributed by atoms with Gasteiger partial charge in [-0.25, -0.2) is 0 Å². The molecule has 2 nitrogen and oxygen atoms in total. The van der Waals surface area contributed by atoms with Gasteiger partial charge in [0, 0.05) is 19.5 Å². The van der Waals surface area contributed by atoms with Gasteiger partial charge in [0.05, 0.1) is 6.10 Å². The molecule has 0 aliphatic heterocycles. The van der Waals surface area contributed by atoms with E-state index in [1.54, 1.807) is 6.92 Å². The molecule has 0 bridgehead atoms. The van der Waals surface area contributed by atoms with E-state index in [0.717, 1.165) is 13.0 Å². The highest BCUT2D eigenvalue weighted by molar-refractivity contribution is 4.95. The van der Waals surface area contributed by atoms with E-state index in [2.05, 4.69) is 17.2 Å². The molecule has 58 valence electrons. The van der Waals surface area contributed by atoms with E-state index in [1.807, 2.05) is 6.92 Å². The first-order valence-electron chi connectivity index (χ1n) is 3.55. The van der Waals surface area contributed by atoms with Crippen molar-refractivity contribution in [3.05, 3.63) is 0 Å². The van der Waals surface area contributed by atoms with Crippen LogP contribution >= 0.6 is 0 Å². The van der Waals surface area contributed by atoms with Gasteiger partial charge in [0.15, 0.2) is 0 Å². The number of rotatable bonds is 4. The Morgan fingerprint density at radius 2 is 2.30 bits per heavy atom. The molecule has 0 saturated heterocycles. The lowest BCUT2D eigenvalue weighted by Crippen LogP contribution is -2.24. The second kappa shape index (κ2) is 6.60. The fourth-order valence-corrected chi connectivity index (χ4v) is 0.587. The van der Waals surface area contributed by atoms with E-state index in [9.17, 15) is 0 Å². The minimum absolute atomic E-state index is 0.255. The number of aliphatic hydroxyl groups is 1. The molecule has 1 atom stereocenters. The summed E-state index contributed by atoms with van der Waals surface area (Å²) in [5.74, 6) is 5.73. The van der Waals surface area contributed by atoms with Crippen molar-refractivity contribution < 1.29 is 5.11 Å². The minimum Gasteiger partial charge on any atom is -0.392 e. The monoisotopic (exact) mass is 141 g/mol. The maximum Gasteiger partial charge on any atom is 0.0636 e.